The summed E-state index contributed by atoms with van der Waals surface area (Å²) in [6.45, 7) is 10.3. The molecule has 0 spiro atoms. The van der Waals surface area contributed by atoms with E-state index in [1.165, 1.54) is 5.56 Å². The van der Waals surface area contributed by atoms with E-state index in [4.69, 9.17) is 4.98 Å². The highest BCUT2D eigenvalue weighted by Gasteiger charge is 2.15. The molecule has 3 aromatic rings. The van der Waals surface area contributed by atoms with E-state index in [9.17, 15) is 0 Å². The van der Waals surface area contributed by atoms with Gasteiger partial charge in [0, 0.05) is 31.2 Å². The normalized spacial score (nSPS) is 10.9. The first-order valence-electron chi connectivity index (χ1n) is 9.20. The van der Waals surface area contributed by atoms with Crippen LogP contribution in [0.5, 0.6) is 0 Å². The van der Waals surface area contributed by atoms with Crippen molar-refractivity contribution in [3.8, 4) is 0 Å². The van der Waals surface area contributed by atoms with Crippen LogP contribution < -0.4 is 10.2 Å². The van der Waals surface area contributed by atoms with Crippen LogP contribution >= 0.6 is 0 Å². The molecule has 3 rings (SSSR count). The Kier molecular flexibility index (Phi) is 5.61. The molecule has 6 nitrogen and oxygen atoms in total. The molecular formula is C20H26N6. The van der Waals surface area contributed by atoms with Gasteiger partial charge in [0.05, 0.1) is 0 Å². The maximum Gasteiger partial charge on any atom is 0.229 e. The molecule has 0 atom stereocenters. The number of benzene rings is 1. The zero-order chi connectivity index (χ0) is 18.5. The highest BCUT2D eigenvalue weighted by Crippen LogP contribution is 2.26. The van der Waals surface area contributed by atoms with Crippen LogP contribution in [0.2, 0.25) is 0 Å². The largest absolute Gasteiger partial charge is 0.341 e. The topological polar surface area (TPSA) is 66.8 Å². The molecule has 1 N–H and O–H groups in total. The summed E-state index contributed by atoms with van der Waals surface area (Å²) in [5.41, 5.74) is 4.68. The Morgan fingerprint density at radius 1 is 0.962 bits per heavy atom. The molecule has 0 aliphatic rings. The van der Waals surface area contributed by atoms with Crippen molar-refractivity contribution in [2.75, 3.05) is 23.3 Å². The summed E-state index contributed by atoms with van der Waals surface area (Å²) >= 11 is 0. The van der Waals surface area contributed by atoms with Gasteiger partial charge >= 0.3 is 0 Å². The van der Waals surface area contributed by atoms with E-state index < -0.39 is 0 Å². The van der Waals surface area contributed by atoms with E-state index in [2.05, 4.69) is 71.1 Å². The molecule has 0 saturated heterocycles. The molecule has 1 aromatic carbocycles. The van der Waals surface area contributed by atoms with Crippen LogP contribution in [0.1, 0.15) is 37.8 Å². The Labute approximate surface area is 154 Å². The second kappa shape index (κ2) is 8.08. The molecule has 0 aliphatic heterocycles. The summed E-state index contributed by atoms with van der Waals surface area (Å²) in [5.74, 6) is 1.40. The smallest absolute Gasteiger partial charge is 0.229 e. The Hall–Kier alpha value is -2.76. The molecule has 26 heavy (non-hydrogen) atoms. The number of anilines is 3. The fraction of sp³-hybridized carbons (Fsp3) is 0.400. The van der Waals surface area contributed by atoms with Crippen LogP contribution in [-0.2, 0) is 0 Å². The third-order valence-corrected chi connectivity index (χ3v) is 4.24. The Bertz CT molecular complexity index is 887. The number of nitrogens with one attached hydrogen (secondary N) is 1. The molecular weight excluding hydrogens is 324 g/mol. The number of nitrogens with zero attached hydrogens (tertiary/aromatic N) is 5. The first kappa shape index (κ1) is 18.0. The van der Waals surface area contributed by atoms with Gasteiger partial charge in [0.1, 0.15) is 0 Å². The van der Waals surface area contributed by atoms with Gasteiger partial charge in [0.25, 0.3) is 0 Å². The molecule has 2 heterocycles. The van der Waals surface area contributed by atoms with Gasteiger partial charge < -0.3 is 10.2 Å². The van der Waals surface area contributed by atoms with E-state index in [0.29, 0.717) is 22.9 Å². The van der Waals surface area contributed by atoms with Gasteiger partial charge in [0.2, 0.25) is 5.95 Å². The fourth-order valence-electron chi connectivity index (χ4n) is 2.93. The average molecular weight is 350 g/mol. The standard InChI is InChI=1S/C20H26N6/c1-5-11-26(12-6-2)20-24-18-17(21-9-10-22-18)19(25-20)23-16-13-14(3)7-8-15(16)4/h7-10,13H,5-6,11-12H2,1-4H3,(H,22,23,24,25). The van der Waals surface area contributed by atoms with E-state index in [-0.39, 0.29) is 0 Å². The summed E-state index contributed by atoms with van der Waals surface area (Å²) in [7, 11) is 0. The monoisotopic (exact) mass is 350 g/mol. The zero-order valence-electron chi connectivity index (χ0n) is 16.0. The molecule has 2 aromatic heterocycles. The number of hydrogen-bond donors (Lipinski definition) is 1. The highest BCUT2D eigenvalue weighted by molar-refractivity contribution is 5.86. The van der Waals surface area contributed by atoms with Crippen LogP contribution in [0.4, 0.5) is 17.5 Å². The van der Waals surface area contributed by atoms with E-state index in [0.717, 1.165) is 37.2 Å². The predicted octanol–water partition coefficient (Wildman–Crippen LogP) is 4.41. The van der Waals surface area contributed by atoms with Crippen molar-refractivity contribution >= 4 is 28.6 Å². The number of aryl methyl sites for hydroxylation is 2. The van der Waals surface area contributed by atoms with Crippen molar-refractivity contribution < 1.29 is 0 Å². The predicted molar refractivity (Wildman–Crippen MR) is 107 cm³/mol. The maximum absolute atomic E-state index is 4.81. The van der Waals surface area contributed by atoms with Crippen molar-refractivity contribution in [3.05, 3.63) is 41.7 Å². The van der Waals surface area contributed by atoms with Crippen molar-refractivity contribution in [2.24, 2.45) is 0 Å². The van der Waals surface area contributed by atoms with Crippen LogP contribution in [0.15, 0.2) is 30.6 Å². The number of hydrogen-bond acceptors (Lipinski definition) is 6. The summed E-state index contributed by atoms with van der Waals surface area (Å²) in [6.07, 6.45) is 5.43. The SMILES string of the molecule is CCCN(CCC)c1nc(Nc2cc(C)ccc2C)c2nccnc2n1. The second-order valence-electron chi connectivity index (χ2n) is 6.53. The van der Waals surface area contributed by atoms with Gasteiger partial charge in [-0.1, -0.05) is 26.0 Å². The van der Waals surface area contributed by atoms with E-state index in [1.807, 2.05) is 0 Å². The van der Waals surface area contributed by atoms with Crippen molar-refractivity contribution in [1.82, 2.24) is 19.9 Å². The van der Waals surface area contributed by atoms with Crippen LogP contribution in [0.3, 0.4) is 0 Å². The molecule has 0 fully saturated rings. The van der Waals surface area contributed by atoms with Gasteiger partial charge in [-0.2, -0.15) is 9.97 Å². The minimum absolute atomic E-state index is 0.613. The summed E-state index contributed by atoms with van der Waals surface area (Å²) in [4.78, 5) is 20.5. The molecule has 0 radical (unpaired) electrons. The van der Waals surface area contributed by atoms with Gasteiger partial charge in [-0.25, -0.2) is 9.97 Å². The summed E-state index contributed by atoms with van der Waals surface area (Å²) < 4.78 is 0. The van der Waals surface area contributed by atoms with Gasteiger partial charge in [-0.05, 0) is 43.9 Å². The fourth-order valence-corrected chi connectivity index (χ4v) is 2.93. The maximum atomic E-state index is 4.81. The first-order chi connectivity index (χ1) is 12.6. The lowest BCUT2D eigenvalue weighted by molar-refractivity contribution is 0.723. The lowest BCUT2D eigenvalue weighted by Crippen LogP contribution is -2.27. The van der Waals surface area contributed by atoms with Crippen molar-refractivity contribution in [3.63, 3.8) is 0 Å². The highest BCUT2D eigenvalue weighted by atomic mass is 15.3. The van der Waals surface area contributed by atoms with Gasteiger partial charge in [-0.3, -0.25) is 0 Å². The Balaban J connectivity index is 2.09. The van der Waals surface area contributed by atoms with Gasteiger partial charge in [0.15, 0.2) is 17.0 Å². The molecule has 0 bridgehead atoms. The average Bonchev–Trinajstić information content (AvgIpc) is 2.64. The van der Waals surface area contributed by atoms with Crippen LogP contribution in [0.25, 0.3) is 11.2 Å². The summed E-state index contributed by atoms with van der Waals surface area (Å²) in [6, 6.07) is 6.33. The van der Waals surface area contributed by atoms with Crippen molar-refractivity contribution in [2.45, 2.75) is 40.5 Å². The second-order valence-corrected chi connectivity index (χ2v) is 6.53. The number of fused-ring (bicyclic) bond motifs is 1. The van der Waals surface area contributed by atoms with E-state index in [1.54, 1.807) is 12.4 Å². The van der Waals surface area contributed by atoms with Gasteiger partial charge in [-0.15, -0.1) is 0 Å². The lowest BCUT2D eigenvalue weighted by atomic mass is 10.1. The van der Waals surface area contributed by atoms with Crippen molar-refractivity contribution in [1.29, 1.82) is 0 Å². The quantitative estimate of drug-likeness (QED) is 0.681. The minimum atomic E-state index is 0.613. The van der Waals surface area contributed by atoms with Crippen LogP contribution in [0, 0.1) is 13.8 Å². The summed E-state index contributed by atoms with van der Waals surface area (Å²) in [5, 5.41) is 3.46. The Morgan fingerprint density at radius 3 is 2.42 bits per heavy atom. The molecule has 6 heteroatoms. The molecule has 0 aliphatic carbocycles. The minimum Gasteiger partial charge on any atom is -0.341 e. The van der Waals surface area contributed by atoms with E-state index >= 15 is 0 Å². The molecule has 0 saturated carbocycles. The number of rotatable bonds is 7. The zero-order valence-corrected chi connectivity index (χ0v) is 16.0. The lowest BCUT2D eigenvalue weighted by Gasteiger charge is -2.22. The number of aromatic nitrogens is 4. The Morgan fingerprint density at radius 2 is 1.69 bits per heavy atom. The third-order valence-electron chi connectivity index (χ3n) is 4.24. The van der Waals surface area contributed by atoms with Crippen LogP contribution in [-0.4, -0.2) is 33.0 Å². The molecule has 0 unspecified atom stereocenters. The first-order valence-corrected chi connectivity index (χ1v) is 9.20. The third kappa shape index (κ3) is 3.90. The molecule has 136 valence electrons. The molecule has 0 amide bonds.